The van der Waals surface area contributed by atoms with Crippen molar-refractivity contribution in [2.75, 3.05) is 19.5 Å². The Hall–Kier alpha value is -3.71. The Balaban J connectivity index is 1.46. The normalized spacial score (nSPS) is 16.3. The van der Waals surface area contributed by atoms with Gasteiger partial charge in [-0.1, -0.05) is 29.8 Å². The molecule has 7 heteroatoms. The molecule has 6 nitrogen and oxygen atoms in total. The molecular weight excluding hydrogens is 482 g/mol. The van der Waals surface area contributed by atoms with E-state index in [0.717, 1.165) is 24.1 Å². The molecule has 1 atom stereocenters. The Morgan fingerprint density at radius 2 is 1.76 bits per heavy atom. The molecule has 4 aromatic rings. The number of urea groups is 1. The summed E-state index contributed by atoms with van der Waals surface area (Å²) in [6.45, 7) is 2.64. The largest absolute Gasteiger partial charge is 0.493 e. The Morgan fingerprint density at radius 1 is 0.973 bits per heavy atom. The number of nitrogens with zero attached hydrogens (tertiary/aromatic N) is 2. The first-order valence-electron chi connectivity index (χ1n) is 12.7. The quantitative estimate of drug-likeness (QED) is 0.324. The molecular formula is C30H31N3O3S. The maximum atomic E-state index is 14.1. The van der Waals surface area contributed by atoms with Crippen LogP contribution in [0.1, 0.15) is 51.7 Å². The first-order valence-corrected chi connectivity index (χ1v) is 13.6. The zero-order valence-corrected chi connectivity index (χ0v) is 22.2. The van der Waals surface area contributed by atoms with E-state index in [4.69, 9.17) is 9.47 Å². The van der Waals surface area contributed by atoms with E-state index in [1.54, 1.807) is 20.3 Å². The molecule has 37 heavy (non-hydrogen) atoms. The SMILES string of the molecule is COc1ccc(NC(=O)N2Cc3c(sc4c3CCCC4)-n3cccc3[C@H]2c2ccc(C)cc2)cc1OC. The Morgan fingerprint density at radius 3 is 2.54 bits per heavy atom. The number of hydrogen-bond donors (Lipinski definition) is 1. The molecule has 0 saturated heterocycles. The van der Waals surface area contributed by atoms with Crippen molar-refractivity contribution in [1.29, 1.82) is 0 Å². The fourth-order valence-electron chi connectivity index (χ4n) is 5.60. The summed E-state index contributed by atoms with van der Waals surface area (Å²) in [6, 6.07) is 17.9. The van der Waals surface area contributed by atoms with E-state index in [-0.39, 0.29) is 12.1 Å². The van der Waals surface area contributed by atoms with Gasteiger partial charge in [0.15, 0.2) is 11.5 Å². The molecule has 2 amide bonds. The molecule has 1 aliphatic carbocycles. The number of ether oxygens (including phenoxy) is 2. The highest BCUT2D eigenvalue weighted by Gasteiger charge is 2.36. The summed E-state index contributed by atoms with van der Waals surface area (Å²) < 4.78 is 13.2. The van der Waals surface area contributed by atoms with E-state index < -0.39 is 0 Å². The number of carbonyl (C=O) groups excluding carboxylic acids is 1. The summed E-state index contributed by atoms with van der Waals surface area (Å²) in [5, 5.41) is 4.40. The van der Waals surface area contributed by atoms with Crippen LogP contribution in [0.5, 0.6) is 11.5 Å². The molecule has 3 heterocycles. The van der Waals surface area contributed by atoms with Gasteiger partial charge in [0.1, 0.15) is 5.00 Å². The van der Waals surface area contributed by atoms with Gasteiger partial charge in [-0.15, -0.1) is 11.3 Å². The van der Waals surface area contributed by atoms with Gasteiger partial charge in [-0.25, -0.2) is 4.79 Å². The number of anilines is 1. The molecule has 6 rings (SSSR count). The molecule has 0 radical (unpaired) electrons. The minimum absolute atomic E-state index is 0.144. The Labute approximate surface area is 221 Å². The predicted molar refractivity (Wildman–Crippen MR) is 147 cm³/mol. The summed E-state index contributed by atoms with van der Waals surface area (Å²) in [4.78, 5) is 17.6. The van der Waals surface area contributed by atoms with Gasteiger partial charge >= 0.3 is 6.03 Å². The van der Waals surface area contributed by atoms with Gasteiger partial charge in [-0.05, 0) is 68.0 Å². The lowest BCUT2D eigenvalue weighted by atomic mass is 9.95. The zero-order valence-electron chi connectivity index (χ0n) is 21.4. The van der Waals surface area contributed by atoms with Crippen molar-refractivity contribution in [3.8, 4) is 16.5 Å². The van der Waals surface area contributed by atoms with Gasteiger partial charge in [0.2, 0.25) is 0 Å². The maximum absolute atomic E-state index is 14.1. The third-order valence-corrected chi connectivity index (χ3v) is 8.80. The van der Waals surface area contributed by atoms with Crippen LogP contribution in [0.3, 0.4) is 0 Å². The smallest absolute Gasteiger partial charge is 0.322 e. The minimum Gasteiger partial charge on any atom is -0.493 e. The first kappa shape index (κ1) is 23.7. The molecule has 0 fully saturated rings. The summed E-state index contributed by atoms with van der Waals surface area (Å²) in [5.74, 6) is 1.20. The van der Waals surface area contributed by atoms with Crippen molar-refractivity contribution in [2.45, 2.75) is 45.2 Å². The fraction of sp³-hybridized carbons (Fsp3) is 0.300. The van der Waals surface area contributed by atoms with E-state index in [2.05, 4.69) is 59.4 Å². The second-order valence-corrected chi connectivity index (χ2v) is 10.8. The van der Waals surface area contributed by atoms with Gasteiger partial charge < -0.3 is 24.3 Å². The molecule has 2 aliphatic rings. The van der Waals surface area contributed by atoms with Gasteiger partial charge in [0.25, 0.3) is 0 Å². The number of hydrogen-bond acceptors (Lipinski definition) is 4. The van der Waals surface area contributed by atoms with Gasteiger partial charge in [0, 0.05) is 28.4 Å². The number of carbonyl (C=O) groups is 1. The van der Waals surface area contributed by atoms with E-state index >= 15 is 0 Å². The average Bonchev–Trinajstić information content (AvgIpc) is 3.51. The number of rotatable bonds is 4. The van der Waals surface area contributed by atoms with Crippen molar-refractivity contribution in [3.63, 3.8) is 0 Å². The Kier molecular flexibility index (Phi) is 6.16. The standard InChI is InChI=1S/C30H31N3O3S/c1-19-10-12-20(13-11-19)28-24-8-6-16-32(24)29-23(22-7-4-5-9-27(22)37-29)18-33(28)30(34)31-21-14-15-25(35-2)26(17-21)36-3/h6,8,10-17,28H,4-5,7,9,18H2,1-3H3,(H,31,34)/t28-/m1/s1. The molecule has 190 valence electrons. The molecule has 1 N–H and O–H groups in total. The topological polar surface area (TPSA) is 55.7 Å². The lowest BCUT2D eigenvalue weighted by Gasteiger charge is -2.31. The average molecular weight is 514 g/mol. The van der Waals surface area contributed by atoms with Crippen molar-refractivity contribution in [3.05, 3.63) is 93.6 Å². The van der Waals surface area contributed by atoms with Crippen LogP contribution < -0.4 is 14.8 Å². The molecule has 0 bridgehead atoms. The highest BCUT2D eigenvalue weighted by molar-refractivity contribution is 7.15. The van der Waals surface area contributed by atoms with Crippen LogP contribution in [-0.4, -0.2) is 29.7 Å². The summed E-state index contributed by atoms with van der Waals surface area (Å²) in [6.07, 6.45) is 6.79. The summed E-state index contributed by atoms with van der Waals surface area (Å²) >= 11 is 1.90. The lowest BCUT2D eigenvalue weighted by Crippen LogP contribution is -2.38. The molecule has 0 spiro atoms. The van der Waals surface area contributed by atoms with E-state index in [0.29, 0.717) is 23.7 Å². The van der Waals surface area contributed by atoms with Crippen molar-refractivity contribution in [2.24, 2.45) is 0 Å². The number of nitrogens with one attached hydrogen (secondary N) is 1. The van der Waals surface area contributed by atoms with Crippen LogP contribution in [0.2, 0.25) is 0 Å². The number of amides is 2. The number of benzene rings is 2. The minimum atomic E-state index is -0.227. The van der Waals surface area contributed by atoms with Crippen LogP contribution in [0.15, 0.2) is 60.8 Å². The number of thiophene rings is 1. The van der Waals surface area contributed by atoms with Crippen LogP contribution in [0.25, 0.3) is 5.00 Å². The van der Waals surface area contributed by atoms with Crippen molar-refractivity contribution in [1.82, 2.24) is 9.47 Å². The van der Waals surface area contributed by atoms with E-state index in [1.807, 2.05) is 28.4 Å². The van der Waals surface area contributed by atoms with Crippen LogP contribution in [-0.2, 0) is 19.4 Å². The maximum Gasteiger partial charge on any atom is 0.322 e. The van der Waals surface area contributed by atoms with Crippen molar-refractivity contribution < 1.29 is 14.3 Å². The molecule has 0 saturated carbocycles. The van der Waals surface area contributed by atoms with Crippen LogP contribution in [0, 0.1) is 6.92 Å². The zero-order chi connectivity index (χ0) is 25.5. The summed E-state index contributed by atoms with van der Waals surface area (Å²) in [7, 11) is 3.20. The second kappa shape index (κ2) is 9.63. The molecule has 0 unspecified atom stereocenters. The van der Waals surface area contributed by atoms with E-state index in [1.165, 1.54) is 39.4 Å². The molecule has 2 aromatic carbocycles. The number of aromatic nitrogens is 1. The van der Waals surface area contributed by atoms with Crippen LogP contribution in [0.4, 0.5) is 10.5 Å². The van der Waals surface area contributed by atoms with E-state index in [9.17, 15) is 4.79 Å². The fourth-order valence-corrected chi connectivity index (χ4v) is 7.00. The van der Waals surface area contributed by atoms with Crippen LogP contribution >= 0.6 is 11.3 Å². The predicted octanol–water partition coefficient (Wildman–Crippen LogP) is 6.88. The monoisotopic (exact) mass is 513 g/mol. The van der Waals surface area contributed by atoms with Gasteiger partial charge in [-0.2, -0.15) is 0 Å². The number of fused-ring (bicyclic) bond motifs is 5. The highest BCUT2D eigenvalue weighted by Crippen LogP contribution is 2.44. The highest BCUT2D eigenvalue weighted by atomic mass is 32.1. The summed E-state index contributed by atoms with van der Waals surface area (Å²) in [5.41, 5.74) is 6.79. The molecule has 1 aliphatic heterocycles. The molecule has 2 aromatic heterocycles. The lowest BCUT2D eigenvalue weighted by molar-refractivity contribution is 0.194. The number of aryl methyl sites for hydroxylation is 2. The van der Waals surface area contributed by atoms with Gasteiger partial charge in [-0.3, -0.25) is 0 Å². The second-order valence-electron chi connectivity index (χ2n) is 9.74. The Bertz CT molecular complexity index is 1450. The number of methoxy groups -OCH3 is 2. The van der Waals surface area contributed by atoms with Gasteiger partial charge in [0.05, 0.1) is 32.5 Å². The third-order valence-electron chi connectivity index (χ3n) is 7.47. The first-order chi connectivity index (χ1) is 18.1. The third kappa shape index (κ3) is 4.17. The van der Waals surface area contributed by atoms with Crippen molar-refractivity contribution >= 4 is 23.1 Å².